The van der Waals surface area contributed by atoms with Gasteiger partial charge in [-0.1, -0.05) is 48.0 Å². The number of rotatable bonds is 4. The molecule has 1 unspecified atom stereocenters. The largest absolute Gasteiger partial charge is 0.467 e. The molecule has 0 amide bonds. The second kappa shape index (κ2) is 5.85. The van der Waals surface area contributed by atoms with Crippen molar-refractivity contribution in [2.24, 2.45) is 0 Å². The fourth-order valence-corrected chi connectivity index (χ4v) is 2.35. The van der Waals surface area contributed by atoms with Crippen LogP contribution in [0.5, 0.6) is 0 Å². The lowest BCUT2D eigenvalue weighted by Crippen LogP contribution is -2.11. The van der Waals surface area contributed by atoms with Crippen molar-refractivity contribution < 1.29 is 4.42 Å². The van der Waals surface area contributed by atoms with Gasteiger partial charge in [0.1, 0.15) is 11.8 Å². The maximum atomic E-state index is 6.04. The molecule has 3 heteroatoms. The van der Waals surface area contributed by atoms with Crippen molar-refractivity contribution in [3.63, 3.8) is 0 Å². The molecule has 0 saturated carbocycles. The lowest BCUT2D eigenvalue weighted by molar-refractivity contribution is 0.499. The van der Waals surface area contributed by atoms with Gasteiger partial charge in [0.15, 0.2) is 0 Å². The maximum Gasteiger partial charge on any atom is 0.130 e. The third kappa shape index (κ3) is 2.86. The van der Waals surface area contributed by atoms with E-state index in [1.54, 1.807) is 6.26 Å². The monoisotopic (exact) mass is 283 g/mol. The molecule has 0 saturated heterocycles. The Morgan fingerprint density at radius 2 is 1.75 bits per heavy atom. The van der Waals surface area contributed by atoms with E-state index >= 15 is 0 Å². The SMILES string of the molecule is Clc1cccc(NC(c2ccccc2)c2ccco2)c1. The quantitative estimate of drug-likeness (QED) is 0.717. The van der Waals surface area contributed by atoms with Crippen molar-refractivity contribution in [3.05, 3.63) is 89.3 Å². The number of anilines is 1. The van der Waals surface area contributed by atoms with Crippen molar-refractivity contribution >= 4 is 17.3 Å². The zero-order chi connectivity index (χ0) is 13.8. The Labute approximate surface area is 123 Å². The fourth-order valence-electron chi connectivity index (χ4n) is 2.16. The van der Waals surface area contributed by atoms with E-state index in [0.717, 1.165) is 17.0 Å². The molecule has 1 N–H and O–H groups in total. The molecular formula is C17H14ClNO. The van der Waals surface area contributed by atoms with E-state index < -0.39 is 0 Å². The summed E-state index contributed by atoms with van der Waals surface area (Å²) in [6, 6.07) is 21.7. The summed E-state index contributed by atoms with van der Waals surface area (Å²) in [5, 5.41) is 4.17. The van der Waals surface area contributed by atoms with Crippen molar-refractivity contribution in [2.75, 3.05) is 5.32 Å². The first-order valence-corrected chi connectivity index (χ1v) is 6.81. The van der Waals surface area contributed by atoms with Gasteiger partial charge in [0, 0.05) is 10.7 Å². The van der Waals surface area contributed by atoms with Crippen molar-refractivity contribution in [1.29, 1.82) is 0 Å². The third-order valence-electron chi connectivity index (χ3n) is 3.10. The minimum absolute atomic E-state index is 0.0373. The molecule has 1 atom stereocenters. The van der Waals surface area contributed by atoms with Gasteiger partial charge in [-0.05, 0) is 35.9 Å². The fraction of sp³-hybridized carbons (Fsp3) is 0.0588. The summed E-state index contributed by atoms with van der Waals surface area (Å²) in [6.07, 6.45) is 1.69. The van der Waals surface area contributed by atoms with E-state index in [-0.39, 0.29) is 6.04 Å². The van der Waals surface area contributed by atoms with E-state index in [9.17, 15) is 0 Å². The standard InChI is InChI=1S/C17H14ClNO/c18-14-8-4-9-15(12-14)19-17(16-10-5-11-20-16)13-6-2-1-3-7-13/h1-12,17,19H. The zero-order valence-electron chi connectivity index (χ0n) is 10.8. The van der Waals surface area contributed by atoms with E-state index in [0.29, 0.717) is 5.02 Å². The van der Waals surface area contributed by atoms with Crippen LogP contribution in [-0.2, 0) is 0 Å². The van der Waals surface area contributed by atoms with Gasteiger partial charge >= 0.3 is 0 Å². The average Bonchev–Trinajstić information content (AvgIpc) is 3.00. The molecule has 1 aromatic heterocycles. The van der Waals surface area contributed by atoms with Crippen molar-refractivity contribution in [2.45, 2.75) is 6.04 Å². The summed E-state index contributed by atoms with van der Waals surface area (Å²) in [5.41, 5.74) is 2.10. The molecule has 20 heavy (non-hydrogen) atoms. The molecule has 0 bridgehead atoms. The number of hydrogen-bond donors (Lipinski definition) is 1. The van der Waals surface area contributed by atoms with Gasteiger partial charge in [0.25, 0.3) is 0 Å². The van der Waals surface area contributed by atoms with Gasteiger partial charge in [-0.3, -0.25) is 0 Å². The molecule has 0 aliphatic carbocycles. The van der Waals surface area contributed by atoms with Crippen LogP contribution in [0.15, 0.2) is 77.4 Å². The summed E-state index contributed by atoms with van der Waals surface area (Å²) in [6.45, 7) is 0. The molecule has 0 radical (unpaired) electrons. The summed E-state index contributed by atoms with van der Waals surface area (Å²) in [7, 11) is 0. The summed E-state index contributed by atoms with van der Waals surface area (Å²) >= 11 is 6.04. The first kappa shape index (κ1) is 12.8. The normalized spacial score (nSPS) is 12.1. The summed E-state index contributed by atoms with van der Waals surface area (Å²) in [5.74, 6) is 0.871. The Kier molecular flexibility index (Phi) is 3.75. The Bertz CT molecular complexity index is 664. The number of hydrogen-bond acceptors (Lipinski definition) is 2. The van der Waals surface area contributed by atoms with Crippen molar-refractivity contribution in [3.8, 4) is 0 Å². The Balaban J connectivity index is 1.95. The van der Waals surface area contributed by atoms with Crippen LogP contribution < -0.4 is 5.32 Å². The zero-order valence-corrected chi connectivity index (χ0v) is 11.5. The Hall–Kier alpha value is -2.19. The smallest absolute Gasteiger partial charge is 0.130 e. The Morgan fingerprint density at radius 3 is 2.45 bits per heavy atom. The molecular weight excluding hydrogens is 270 g/mol. The highest BCUT2D eigenvalue weighted by molar-refractivity contribution is 6.30. The minimum atomic E-state index is -0.0373. The van der Waals surface area contributed by atoms with E-state index in [1.807, 2.05) is 54.6 Å². The van der Waals surface area contributed by atoms with Crippen LogP contribution in [0.1, 0.15) is 17.4 Å². The molecule has 2 aromatic carbocycles. The first-order chi connectivity index (χ1) is 9.83. The van der Waals surface area contributed by atoms with Crippen LogP contribution in [0.3, 0.4) is 0 Å². The minimum Gasteiger partial charge on any atom is -0.467 e. The van der Waals surface area contributed by atoms with Gasteiger partial charge in [-0.15, -0.1) is 0 Å². The molecule has 0 aliphatic heterocycles. The molecule has 2 nitrogen and oxygen atoms in total. The summed E-state index contributed by atoms with van der Waals surface area (Å²) < 4.78 is 5.56. The maximum absolute atomic E-state index is 6.04. The topological polar surface area (TPSA) is 25.2 Å². The molecule has 3 rings (SSSR count). The average molecular weight is 284 g/mol. The van der Waals surface area contributed by atoms with Crippen LogP contribution >= 0.6 is 11.6 Å². The van der Waals surface area contributed by atoms with Gasteiger partial charge in [-0.25, -0.2) is 0 Å². The van der Waals surface area contributed by atoms with Crippen LogP contribution in [0.2, 0.25) is 5.02 Å². The molecule has 0 aliphatic rings. The van der Waals surface area contributed by atoms with Crippen LogP contribution in [0, 0.1) is 0 Å². The van der Waals surface area contributed by atoms with Crippen LogP contribution in [0.25, 0.3) is 0 Å². The van der Waals surface area contributed by atoms with Crippen LogP contribution in [-0.4, -0.2) is 0 Å². The molecule has 0 spiro atoms. The van der Waals surface area contributed by atoms with Gasteiger partial charge in [0.2, 0.25) is 0 Å². The number of nitrogens with one attached hydrogen (secondary N) is 1. The third-order valence-corrected chi connectivity index (χ3v) is 3.33. The lowest BCUT2D eigenvalue weighted by atomic mass is 10.0. The molecule has 3 aromatic rings. The summed E-state index contributed by atoms with van der Waals surface area (Å²) in [4.78, 5) is 0. The second-order valence-electron chi connectivity index (χ2n) is 4.51. The highest BCUT2D eigenvalue weighted by Crippen LogP contribution is 2.27. The van der Waals surface area contributed by atoms with E-state index in [4.69, 9.17) is 16.0 Å². The predicted molar refractivity (Wildman–Crippen MR) is 82.1 cm³/mol. The van der Waals surface area contributed by atoms with Crippen molar-refractivity contribution in [1.82, 2.24) is 0 Å². The van der Waals surface area contributed by atoms with E-state index in [1.165, 1.54) is 0 Å². The second-order valence-corrected chi connectivity index (χ2v) is 4.95. The lowest BCUT2D eigenvalue weighted by Gasteiger charge is -2.18. The highest BCUT2D eigenvalue weighted by Gasteiger charge is 2.16. The number of halogens is 1. The molecule has 100 valence electrons. The highest BCUT2D eigenvalue weighted by atomic mass is 35.5. The van der Waals surface area contributed by atoms with Gasteiger partial charge in [0.05, 0.1) is 6.26 Å². The van der Waals surface area contributed by atoms with Gasteiger partial charge < -0.3 is 9.73 Å². The predicted octanol–water partition coefficient (Wildman–Crippen LogP) is 5.13. The molecule has 0 fully saturated rings. The van der Waals surface area contributed by atoms with E-state index in [2.05, 4.69) is 17.4 Å². The number of benzene rings is 2. The molecule has 1 heterocycles. The van der Waals surface area contributed by atoms with Crippen LogP contribution in [0.4, 0.5) is 5.69 Å². The number of furan rings is 1. The first-order valence-electron chi connectivity index (χ1n) is 6.43. The van der Waals surface area contributed by atoms with Gasteiger partial charge in [-0.2, -0.15) is 0 Å². The Morgan fingerprint density at radius 1 is 0.900 bits per heavy atom.